The van der Waals surface area contributed by atoms with Crippen molar-refractivity contribution in [2.24, 2.45) is 0 Å². The number of oxazole rings is 1. The molecule has 0 bridgehead atoms. The minimum atomic E-state index is -0.904. The molecule has 0 aliphatic carbocycles. The second-order valence-corrected chi connectivity index (χ2v) is 8.59. The van der Waals surface area contributed by atoms with Crippen molar-refractivity contribution in [3.63, 3.8) is 0 Å². The van der Waals surface area contributed by atoms with Gasteiger partial charge in [0, 0.05) is 23.0 Å². The number of fused-ring (bicyclic) bond motifs is 1. The molecule has 0 aliphatic rings. The number of thioether (sulfide) groups is 1. The van der Waals surface area contributed by atoms with Crippen molar-refractivity contribution < 1.29 is 14.3 Å². The summed E-state index contributed by atoms with van der Waals surface area (Å²) in [5.74, 6) is -0.124. The topological polar surface area (TPSA) is 66.6 Å². The van der Waals surface area contributed by atoms with E-state index in [9.17, 15) is 9.90 Å². The van der Waals surface area contributed by atoms with Crippen molar-refractivity contribution >= 4 is 46.4 Å². The lowest BCUT2D eigenvalue weighted by atomic mass is 10.2. The molecule has 1 aromatic heterocycles. The van der Waals surface area contributed by atoms with Crippen molar-refractivity contribution in [2.45, 2.75) is 17.9 Å². The molecule has 0 unspecified atom stereocenters. The summed E-state index contributed by atoms with van der Waals surface area (Å²) in [6.45, 7) is 1.36. The van der Waals surface area contributed by atoms with Gasteiger partial charge in [-0.2, -0.15) is 4.98 Å². The van der Waals surface area contributed by atoms with Crippen LogP contribution in [0.15, 0.2) is 82.1 Å². The van der Waals surface area contributed by atoms with Crippen LogP contribution in [0, 0.1) is 0 Å². The summed E-state index contributed by atoms with van der Waals surface area (Å²) in [5.41, 5.74) is 3.02. The normalized spacial score (nSPS) is 11.0. The summed E-state index contributed by atoms with van der Waals surface area (Å²) in [7, 11) is 0. The van der Waals surface area contributed by atoms with Gasteiger partial charge in [-0.1, -0.05) is 48.0 Å². The van der Waals surface area contributed by atoms with Crippen molar-refractivity contribution in [3.05, 3.63) is 88.9 Å². The molecular formula is C24H21ClN2O3S. The summed E-state index contributed by atoms with van der Waals surface area (Å²) in [4.78, 5) is 18.9. The quantitative estimate of drug-likeness (QED) is 0.235. The van der Waals surface area contributed by atoms with Crippen LogP contribution in [0.4, 0.5) is 6.01 Å². The minimum absolute atomic E-state index is 0.337. The maximum atomic E-state index is 11.4. The Kier molecular flexibility index (Phi) is 6.79. The molecule has 1 N–H and O–H groups in total. The molecule has 158 valence electrons. The number of aromatic nitrogens is 1. The number of nitrogens with zero attached hydrogens (tertiary/aromatic N) is 2. The fourth-order valence-electron chi connectivity index (χ4n) is 3.25. The molecule has 4 aromatic rings. The van der Waals surface area contributed by atoms with Gasteiger partial charge in [0.2, 0.25) is 0 Å². The standard InChI is InChI=1S/C24H21ClN2O3S/c25-18-12-10-17(11-13-18)16-27(24-26-20-7-2-3-8-21(20)30-24)14-5-15-31-22-9-4-1-6-19(22)23(28)29/h1-4,6-13H,5,14-16H2,(H,28,29). The summed E-state index contributed by atoms with van der Waals surface area (Å²) in [6, 6.07) is 23.1. The van der Waals surface area contributed by atoms with Crippen LogP contribution in [0.3, 0.4) is 0 Å². The van der Waals surface area contributed by atoms with Gasteiger partial charge in [0.1, 0.15) is 5.52 Å². The highest BCUT2D eigenvalue weighted by molar-refractivity contribution is 7.99. The van der Waals surface area contributed by atoms with Gasteiger partial charge in [-0.05, 0) is 54.1 Å². The lowest BCUT2D eigenvalue weighted by Gasteiger charge is -2.20. The zero-order valence-corrected chi connectivity index (χ0v) is 18.3. The third-order valence-corrected chi connectivity index (χ3v) is 6.20. The second kappa shape index (κ2) is 9.90. The van der Waals surface area contributed by atoms with Crippen LogP contribution in [0.5, 0.6) is 0 Å². The number of anilines is 1. The van der Waals surface area contributed by atoms with Crippen LogP contribution in [-0.2, 0) is 6.54 Å². The zero-order valence-electron chi connectivity index (χ0n) is 16.7. The van der Waals surface area contributed by atoms with Crippen LogP contribution in [0.1, 0.15) is 22.3 Å². The molecular weight excluding hydrogens is 432 g/mol. The highest BCUT2D eigenvalue weighted by atomic mass is 35.5. The number of carbonyl (C=O) groups is 1. The van der Waals surface area contributed by atoms with Crippen molar-refractivity contribution in [3.8, 4) is 0 Å². The number of benzene rings is 3. The van der Waals surface area contributed by atoms with Gasteiger partial charge in [0.15, 0.2) is 5.58 Å². The van der Waals surface area contributed by atoms with E-state index in [4.69, 9.17) is 16.0 Å². The molecule has 0 aliphatic heterocycles. The maximum absolute atomic E-state index is 11.4. The Bertz CT molecular complexity index is 1140. The van der Waals surface area contributed by atoms with Crippen LogP contribution in [-0.4, -0.2) is 28.4 Å². The van der Waals surface area contributed by atoms with Crippen LogP contribution < -0.4 is 4.90 Å². The fraction of sp³-hybridized carbons (Fsp3) is 0.167. The van der Waals surface area contributed by atoms with Gasteiger partial charge in [0.05, 0.1) is 5.56 Å². The number of aromatic carboxylic acids is 1. The highest BCUT2D eigenvalue weighted by Crippen LogP contribution is 2.26. The lowest BCUT2D eigenvalue weighted by molar-refractivity contribution is 0.0693. The van der Waals surface area contributed by atoms with E-state index < -0.39 is 5.97 Å². The van der Waals surface area contributed by atoms with Crippen molar-refractivity contribution in [2.75, 3.05) is 17.2 Å². The van der Waals surface area contributed by atoms with Gasteiger partial charge in [-0.3, -0.25) is 0 Å². The largest absolute Gasteiger partial charge is 0.478 e. The van der Waals surface area contributed by atoms with Gasteiger partial charge >= 0.3 is 5.97 Å². The van der Waals surface area contributed by atoms with Crippen molar-refractivity contribution in [1.82, 2.24) is 4.98 Å². The smallest absolute Gasteiger partial charge is 0.336 e. The van der Waals surface area contributed by atoms with Gasteiger partial charge < -0.3 is 14.4 Å². The summed E-state index contributed by atoms with van der Waals surface area (Å²) in [6.07, 6.45) is 0.838. The van der Waals surface area contributed by atoms with E-state index in [1.165, 1.54) is 0 Å². The summed E-state index contributed by atoms with van der Waals surface area (Å²) < 4.78 is 6.00. The van der Waals surface area contributed by atoms with E-state index >= 15 is 0 Å². The number of halogens is 1. The summed E-state index contributed by atoms with van der Waals surface area (Å²) >= 11 is 7.58. The fourth-order valence-corrected chi connectivity index (χ4v) is 4.36. The first-order chi connectivity index (χ1) is 15.1. The Hall–Kier alpha value is -2.96. The molecule has 0 atom stereocenters. The average molecular weight is 453 g/mol. The Labute approximate surface area is 189 Å². The number of hydrogen-bond acceptors (Lipinski definition) is 5. The Morgan fingerprint density at radius 3 is 2.55 bits per heavy atom. The van der Waals surface area contributed by atoms with Crippen LogP contribution >= 0.6 is 23.4 Å². The molecule has 0 amide bonds. The number of carboxylic acid groups (broad SMARTS) is 1. The monoisotopic (exact) mass is 452 g/mol. The molecule has 0 fully saturated rings. The number of para-hydroxylation sites is 2. The molecule has 7 heteroatoms. The maximum Gasteiger partial charge on any atom is 0.336 e. The molecule has 31 heavy (non-hydrogen) atoms. The first kappa shape index (κ1) is 21.3. The first-order valence-corrected chi connectivity index (χ1v) is 11.3. The van der Waals surface area contributed by atoms with E-state index in [-0.39, 0.29) is 0 Å². The average Bonchev–Trinajstić information content (AvgIpc) is 3.21. The highest BCUT2D eigenvalue weighted by Gasteiger charge is 2.15. The first-order valence-electron chi connectivity index (χ1n) is 9.90. The predicted molar refractivity (Wildman–Crippen MR) is 125 cm³/mol. The molecule has 0 saturated carbocycles. The Morgan fingerprint density at radius 1 is 1.03 bits per heavy atom. The van der Waals surface area contributed by atoms with E-state index in [1.807, 2.05) is 60.7 Å². The van der Waals surface area contributed by atoms with Gasteiger partial charge in [0.25, 0.3) is 6.01 Å². The molecule has 4 rings (SSSR count). The molecule has 3 aromatic carbocycles. The third-order valence-electron chi connectivity index (χ3n) is 4.79. The third kappa shape index (κ3) is 5.40. The Balaban J connectivity index is 1.46. The Morgan fingerprint density at radius 2 is 1.77 bits per heavy atom. The zero-order chi connectivity index (χ0) is 21.6. The van der Waals surface area contributed by atoms with Crippen LogP contribution in [0.2, 0.25) is 5.02 Å². The molecule has 1 heterocycles. The van der Waals surface area contributed by atoms with Crippen molar-refractivity contribution in [1.29, 1.82) is 0 Å². The molecule has 0 radical (unpaired) electrons. The minimum Gasteiger partial charge on any atom is -0.478 e. The van der Waals surface area contributed by atoms with E-state index in [0.717, 1.165) is 40.3 Å². The number of hydrogen-bond donors (Lipinski definition) is 1. The summed E-state index contributed by atoms with van der Waals surface area (Å²) in [5, 5.41) is 10.1. The molecule has 0 spiro atoms. The predicted octanol–water partition coefficient (Wildman–Crippen LogP) is 6.37. The second-order valence-electron chi connectivity index (χ2n) is 7.02. The SMILES string of the molecule is O=C(O)c1ccccc1SCCCN(Cc1ccc(Cl)cc1)c1nc2ccccc2o1. The number of rotatable bonds is 9. The van der Waals surface area contributed by atoms with E-state index in [2.05, 4.69) is 9.88 Å². The lowest BCUT2D eigenvalue weighted by Crippen LogP contribution is -2.24. The van der Waals surface area contributed by atoms with Gasteiger partial charge in [-0.25, -0.2) is 4.79 Å². The van der Waals surface area contributed by atoms with Gasteiger partial charge in [-0.15, -0.1) is 11.8 Å². The van der Waals surface area contributed by atoms with E-state index in [0.29, 0.717) is 23.1 Å². The van der Waals surface area contributed by atoms with E-state index in [1.54, 1.807) is 23.9 Å². The molecule has 5 nitrogen and oxygen atoms in total. The van der Waals surface area contributed by atoms with Crippen LogP contribution in [0.25, 0.3) is 11.1 Å². The number of carboxylic acids is 1. The molecule has 0 saturated heterocycles.